The molecule has 1 aliphatic rings. The lowest BCUT2D eigenvalue weighted by Crippen LogP contribution is -2.21. The third-order valence-electron chi connectivity index (χ3n) is 3.51. The number of nitrogen functional groups attached to an aromatic ring is 1. The molecule has 0 bridgehead atoms. The summed E-state index contributed by atoms with van der Waals surface area (Å²) in [5.41, 5.74) is 7.94. The molecule has 0 radical (unpaired) electrons. The number of ether oxygens (including phenoxy) is 2. The second kappa shape index (κ2) is 7.48. The molecule has 0 aliphatic carbocycles. The molecule has 0 aromatic heterocycles. The van der Waals surface area contributed by atoms with Gasteiger partial charge in [-0.2, -0.15) is 0 Å². The summed E-state index contributed by atoms with van der Waals surface area (Å²) < 4.78 is 10.6. The van der Waals surface area contributed by atoms with Crippen LogP contribution >= 0.6 is 0 Å². The topological polar surface area (TPSA) is 47.7 Å². The molecule has 2 rings (SSSR count). The maximum absolute atomic E-state index is 5.80. The van der Waals surface area contributed by atoms with Gasteiger partial charge in [-0.3, -0.25) is 4.90 Å². The number of likely N-dealkylation sites (tertiary alicyclic amines) is 1. The SMILES string of the molecule is COCCOCC1CCN(Cc2cccc(N)c2)C1. The normalized spacial score (nSPS) is 19.9. The van der Waals surface area contributed by atoms with Gasteiger partial charge in [-0.25, -0.2) is 0 Å². The monoisotopic (exact) mass is 264 g/mol. The second-order valence-corrected chi connectivity index (χ2v) is 5.20. The largest absolute Gasteiger partial charge is 0.399 e. The van der Waals surface area contributed by atoms with Gasteiger partial charge in [-0.15, -0.1) is 0 Å². The summed E-state index contributed by atoms with van der Waals surface area (Å²) in [4.78, 5) is 2.47. The molecule has 1 aromatic rings. The second-order valence-electron chi connectivity index (χ2n) is 5.20. The van der Waals surface area contributed by atoms with Crippen molar-refractivity contribution >= 4 is 5.69 Å². The van der Waals surface area contributed by atoms with Gasteiger partial charge in [0.1, 0.15) is 0 Å². The van der Waals surface area contributed by atoms with E-state index in [1.165, 1.54) is 12.0 Å². The number of rotatable bonds is 7. The average molecular weight is 264 g/mol. The molecule has 106 valence electrons. The Morgan fingerprint density at radius 3 is 3.05 bits per heavy atom. The highest BCUT2D eigenvalue weighted by Gasteiger charge is 2.22. The van der Waals surface area contributed by atoms with E-state index < -0.39 is 0 Å². The van der Waals surface area contributed by atoms with Gasteiger partial charge < -0.3 is 15.2 Å². The van der Waals surface area contributed by atoms with Crippen LogP contribution in [0.1, 0.15) is 12.0 Å². The summed E-state index contributed by atoms with van der Waals surface area (Å²) >= 11 is 0. The van der Waals surface area contributed by atoms with Gasteiger partial charge in [-0.1, -0.05) is 12.1 Å². The molecular weight excluding hydrogens is 240 g/mol. The Morgan fingerprint density at radius 1 is 1.37 bits per heavy atom. The van der Waals surface area contributed by atoms with Gasteiger partial charge in [0.05, 0.1) is 19.8 Å². The lowest BCUT2D eigenvalue weighted by molar-refractivity contribution is 0.0525. The Hall–Kier alpha value is -1.10. The van der Waals surface area contributed by atoms with Crippen molar-refractivity contribution in [3.63, 3.8) is 0 Å². The molecule has 2 N–H and O–H groups in total. The first-order valence-electron chi connectivity index (χ1n) is 6.91. The molecular formula is C15H24N2O2. The summed E-state index contributed by atoms with van der Waals surface area (Å²) in [6.07, 6.45) is 1.22. The van der Waals surface area contributed by atoms with E-state index in [0.717, 1.165) is 31.9 Å². The van der Waals surface area contributed by atoms with Crippen molar-refractivity contribution in [2.75, 3.05) is 45.8 Å². The molecule has 1 unspecified atom stereocenters. The number of anilines is 1. The Kier molecular flexibility index (Phi) is 5.63. The lowest BCUT2D eigenvalue weighted by Gasteiger charge is -2.16. The fraction of sp³-hybridized carbons (Fsp3) is 0.600. The van der Waals surface area contributed by atoms with Crippen LogP contribution in [0.2, 0.25) is 0 Å². The lowest BCUT2D eigenvalue weighted by atomic mass is 10.1. The van der Waals surface area contributed by atoms with Crippen LogP contribution in [0.5, 0.6) is 0 Å². The first-order valence-corrected chi connectivity index (χ1v) is 6.91. The van der Waals surface area contributed by atoms with E-state index in [2.05, 4.69) is 17.0 Å². The Labute approximate surface area is 115 Å². The molecule has 19 heavy (non-hydrogen) atoms. The summed E-state index contributed by atoms with van der Waals surface area (Å²) in [5, 5.41) is 0. The first kappa shape index (κ1) is 14.3. The van der Waals surface area contributed by atoms with Crippen LogP contribution in [-0.4, -0.2) is 44.9 Å². The standard InChI is InChI=1S/C15H24N2O2/c1-18-7-8-19-12-14-5-6-17(11-14)10-13-3-2-4-15(16)9-13/h2-4,9,14H,5-8,10-12,16H2,1H3. The van der Waals surface area contributed by atoms with E-state index in [0.29, 0.717) is 19.1 Å². The molecule has 1 aliphatic heterocycles. The van der Waals surface area contributed by atoms with Crippen molar-refractivity contribution in [3.8, 4) is 0 Å². The zero-order valence-corrected chi connectivity index (χ0v) is 11.7. The molecule has 0 spiro atoms. The minimum Gasteiger partial charge on any atom is -0.399 e. The summed E-state index contributed by atoms with van der Waals surface area (Å²) in [5.74, 6) is 0.651. The maximum Gasteiger partial charge on any atom is 0.0700 e. The van der Waals surface area contributed by atoms with Crippen LogP contribution in [0.4, 0.5) is 5.69 Å². The predicted octanol–water partition coefficient (Wildman–Crippen LogP) is 1.75. The van der Waals surface area contributed by atoms with Gasteiger partial charge in [0, 0.05) is 25.9 Å². The molecule has 4 nitrogen and oxygen atoms in total. The smallest absolute Gasteiger partial charge is 0.0700 e. The van der Waals surface area contributed by atoms with Gasteiger partial charge in [-0.05, 0) is 36.6 Å². The van der Waals surface area contributed by atoms with Crippen LogP contribution in [-0.2, 0) is 16.0 Å². The minimum atomic E-state index is 0.651. The maximum atomic E-state index is 5.80. The molecule has 0 saturated carbocycles. The fourth-order valence-corrected chi connectivity index (χ4v) is 2.53. The molecule has 1 saturated heterocycles. The van der Waals surface area contributed by atoms with Crippen LogP contribution in [0.15, 0.2) is 24.3 Å². The predicted molar refractivity (Wildman–Crippen MR) is 76.9 cm³/mol. The van der Waals surface area contributed by atoms with Gasteiger partial charge in [0.2, 0.25) is 0 Å². The molecule has 1 heterocycles. The summed E-state index contributed by atoms with van der Waals surface area (Å²) in [7, 11) is 1.70. The number of nitrogens with two attached hydrogens (primary N) is 1. The summed E-state index contributed by atoms with van der Waals surface area (Å²) in [6, 6.07) is 8.15. The number of benzene rings is 1. The fourth-order valence-electron chi connectivity index (χ4n) is 2.53. The number of methoxy groups -OCH3 is 1. The van der Waals surface area contributed by atoms with E-state index in [-0.39, 0.29) is 0 Å². The Morgan fingerprint density at radius 2 is 2.26 bits per heavy atom. The molecule has 1 fully saturated rings. The minimum absolute atomic E-state index is 0.651. The third-order valence-corrected chi connectivity index (χ3v) is 3.51. The van der Waals surface area contributed by atoms with E-state index in [4.69, 9.17) is 15.2 Å². The van der Waals surface area contributed by atoms with Crippen molar-refractivity contribution in [2.45, 2.75) is 13.0 Å². The van der Waals surface area contributed by atoms with Crippen molar-refractivity contribution in [1.29, 1.82) is 0 Å². The zero-order chi connectivity index (χ0) is 13.5. The Bertz CT molecular complexity index is 384. The molecule has 1 atom stereocenters. The van der Waals surface area contributed by atoms with Crippen molar-refractivity contribution < 1.29 is 9.47 Å². The number of hydrogen-bond donors (Lipinski definition) is 1. The van der Waals surface area contributed by atoms with Crippen molar-refractivity contribution in [2.24, 2.45) is 5.92 Å². The molecule has 4 heteroatoms. The van der Waals surface area contributed by atoms with Gasteiger partial charge in [0.25, 0.3) is 0 Å². The summed E-state index contributed by atoms with van der Waals surface area (Å²) in [6.45, 7) is 5.47. The number of nitrogens with zero attached hydrogens (tertiary/aromatic N) is 1. The van der Waals surface area contributed by atoms with Gasteiger partial charge >= 0.3 is 0 Å². The molecule has 1 aromatic carbocycles. The quantitative estimate of drug-likeness (QED) is 0.602. The molecule has 0 amide bonds. The van der Waals surface area contributed by atoms with Crippen LogP contribution < -0.4 is 5.73 Å². The van der Waals surface area contributed by atoms with Crippen LogP contribution in [0.25, 0.3) is 0 Å². The number of hydrogen-bond acceptors (Lipinski definition) is 4. The highest BCUT2D eigenvalue weighted by molar-refractivity contribution is 5.40. The van der Waals surface area contributed by atoms with Crippen LogP contribution in [0, 0.1) is 5.92 Å². The highest BCUT2D eigenvalue weighted by atomic mass is 16.5. The average Bonchev–Trinajstić information content (AvgIpc) is 2.82. The van der Waals surface area contributed by atoms with Crippen LogP contribution in [0.3, 0.4) is 0 Å². The van der Waals surface area contributed by atoms with Crippen molar-refractivity contribution in [1.82, 2.24) is 4.90 Å². The van der Waals surface area contributed by atoms with Crippen molar-refractivity contribution in [3.05, 3.63) is 29.8 Å². The zero-order valence-electron chi connectivity index (χ0n) is 11.7. The van der Waals surface area contributed by atoms with Gasteiger partial charge in [0.15, 0.2) is 0 Å². The highest BCUT2D eigenvalue weighted by Crippen LogP contribution is 2.19. The Balaban J connectivity index is 1.70. The third kappa shape index (κ3) is 4.82. The van der Waals surface area contributed by atoms with E-state index in [1.807, 2.05) is 12.1 Å². The van der Waals surface area contributed by atoms with E-state index >= 15 is 0 Å². The van der Waals surface area contributed by atoms with E-state index in [9.17, 15) is 0 Å². The van der Waals surface area contributed by atoms with E-state index in [1.54, 1.807) is 7.11 Å². The first-order chi connectivity index (χ1) is 9.28.